The van der Waals surface area contributed by atoms with Gasteiger partial charge in [0.15, 0.2) is 5.82 Å². The van der Waals surface area contributed by atoms with Gasteiger partial charge in [0.05, 0.1) is 12.5 Å². The maximum absolute atomic E-state index is 12.0. The van der Waals surface area contributed by atoms with E-state index < -0.39 is 0 Å². The zero-order valence-corrected chi connectivity index (χ0v) is 16.6. The van der Waals surface area contributed by atoms with Crippen molar-refractivity contribution in [2.45, 2.75) is 33.6 Å². The van der Waals surface area contributed by atoms with Crippen molar-refractivity contribution in [1.82, 2.24) is 19.6 Å². The maximum atomic E-state index is 12.0. The van der Waals surface area contributed by atoms with E-state index >= 15 is 0 Å². The summed E-state index contributed by atoms with van der Waals surface area (Å²) in [7, 11) is 0. The monoisotopic (exact) mass is 379 g/mol. The SMILES string of the molecule is CCOC(=O)C1CCN(c2cc(C)nc3nc(-c4ccc(C)cc4)nn23)CC1. The molecule has 1 fully saturated rings. The number of carbonyl (C=O) groups excluding carboxylic acids is 1. The van der Waals surface area contributed by atoms with Crippen molar-refractivity contribution in [3.05, 3.63) is 41.6 Å². The number of piperidine rings is 1. The topological polar surface area (TPSA) is 72.6 Å². The summed E-state index contributed by atoms with van der Waals surface area (Å²) in [5, 5.41) is 4.72. The zero-order chi connectivity index (χ0) is 19.7. The van der Waals surface area contributed by atoms with Crippen LogP contribution in [0.1, 0.15) is 31.0 Å². The molecule has 4 rings (SSSR count). The number of carbonyl (C=O) groups is 1. The molecule has 0 saturated carbocycles. The van der Waals surface area contributed by atoms with Gasteiger partial charge in [-0.1, -0.05) is 29.8 Å². The van der Waals surface area contributed by atoms with Crippen molar-refractivity contribution in [2.24, 2.45) is 5.92 Å². The highest BCUT2D eigenvalue weighted by molar-refractivity contribution is 5.73. The number of benzene rings is 1. The second-order valence-electron chi connectivity index (χ2n) is 7.28. The molecule has 1 aliphatic heterocycles. The molecule has 3 aromatic rings. The van der Waals surface area contributed by atoms with Gasteiger partial charge in [-0.3, -0.25) is 4.79 Å². The third kappa shape index (κ3) is 3.56. The Balaban J connectivity index is 1.62. The van der Waals surface area contributed by atoms with Crippen LogP contribution in [0, 0.1) is 19.8 Å². The molecular weight excluding hydrogens is 354 g/mol. The summed E-state index contributed by atoms with van der Waals surface area (Å²) in [4.78, 5) is 23.5. The van der Waals surface area contributed by atoms with Gasteiger partial charge in [0.25, 0.3) is 5.78 Å². The molecule has 0 aliphatic carbocycles. The summed E-state index contributed by atoms with van der Waals surface area (Å²) in [6.45, 7) is 7.87. The largest absolute Gasteiger partial charge is 0.466 e. The molecule has 0 radical (unpaired) electrons. The van der Waals surface area contributed by atoms with Crippen LogP contribution in [0.4, 0.5) is 5.82 Å². The Labute approximate surface area is 164 Å². The van der Waals surface area contributed by atoms with E-state index in [1.165, 1.54) is 5.56 Å². The molecule has 7 heteroatoms. The fraction of sp³-hybridized carbons (Fsp3) is 0.429. The predicted molar refractivity (Wildman–Crippen MR) is 107 cm³/mol. The van der Waals surface area contributed by atoms with E-state index in [-0.39, 0.29) is 11.9 Å². The number of hydrogen-bond acceptors (Lipinski definition) is 6. The van der Waals surface area contributed by atoms with Crippen LogP contribution in [0.5, 0.6) is 0 Å². The molecule has 0 spiro atoms. The molecule has 0 unspecified atom stereocenters. The quantitative estimate of drug-likeness (QED) is 0.648. The molecule has 0 amide bonds. The second kappa shape index (κ2) is 7.58. The standard InChI is InChI=1S/C21H25N5O2/c1-4-28-20(27)17-9-11-25(12-10-17)18-13-15(3)22-21-23-19(24-26(18)21)16-7-5-14(2)6-8-16/h5-8,13,17H,4,9-12H2,1-3H3. The summed E-state index contributed by atoms with van der Waals surface area (Å²) < 4.78 is 6.99. The van der Waals surface area contributed by atoms with Gasteiger partial charge in [0.1, 0.15) is 5.82 Å². The fourth-order valence-electron chi connectivity index (χ4n) is 3.62. The summed E-state index contributed by atoms with van der Waals surface area (Å²) >= 11 is 0. The van der Waals surface area contributed by atoms with Gasteiger partial charge in [0.2, 0.25) is 0 Å². The number of esters is 1. The van der Waals surface area contributed by atoms with Crippen LogP contribution in [0.15, 0.2) is 30.3 Å². The Morgan fingerprint density at radius 3 is 2.54 bits per heavy atom. The minimum Gasteiger partial charge on any atom is -0.466 e. The Bertz CT molecular complexity index is 988. The lowest BCUT2D eigenvalue weighted by molar-refractivity contribution is -0.148. The molecule has 146 valence electrons. The van der Waals surface area contributed by atoms with E-state index in [4.69, 9.17) is 9.84 Å². The third-order valence-electron chi connectivity index (χ3n) is 5.17. The van der Waals surface area contributed by atoms with Gasteiger partial charge in [-0.25, -0.2) is 4.98 Å². The van der Waals surface area contributed by atoms with Gasteiger partial charge < -0.3 is 9.64 Å². The first kappa shape index (κ1) is 18.4. The lowest BCUT2D eigenvalue weighted by atomic mass is 9.97. The summed E-state index contributed by atoms with van der Waals surface area (Å²) in [5.41, 5.74) is 3.07. The molecule has 2 aromatic heterocycles. The predicted octanol–water partition coefficient (Wildman–Crippen LogP) is 3.19. The van der Waals surface area contributed by atoms with Crippen molar-refractivity contribution in [2.75, 3.05) is 24.6 Å². The van der Waals surface area contributed by atoms with Gasteiger partial charge in [0, 0.05) is 30.4 Å². The number of nitrogens with zero attached hydrogens (tertiary/aromatic N) is 5. The molecule has 1 aromatic carbocycles. The van der Waals surface area contributed by atoms with Crippen LogP contribution < -0.4 is 4.90 Å². The van der Waals surface area contributed by atoms with Crippen LogP contribution in [-0.2, 0) is 9.53 Å². The molecule has 1 aliphatic rings. The minimum absolute atomic E-state index is 0.0199. The number of aromatic nitrogens is 4. The average molecular weight is 379 g/mol. The first-order valence-corrected chi connectivity index (χ1v) is 9.78. The van der Waals surface area contributed by atoms with E-state index in [2.05, 4.69) is 33.9 Å². The zero-order valence-electron chi connectivity index (χ0n) is 16.6. The number of aryl methyl sites for hydroxylation is 2. The van der Waals surface area contributed by atoms with Gasteiger partial charge in [-0.15, -0.1) is 5.10 Å². The van der Waals surface area contributed by atoms with E-state index in [0.29, 0.717) is 18.2 Å². The van der Waals surface area contributed by atoms with Crippen molar-refractivity contribution >= 4 is 17.6 Å². The molecule has 0 N–H and O–H groups in total. The number of hydrogen-bond donors (Lipinski definition) is 0. The highest BCUT2D eigenvalue weighted by atomic mass is 16.5. The molecule has 0 bridgehead atoms. The minimum atomic E-state index is -0.0828. The summed E-state index contributed by atoms with van der Waals surface area (Å²) in [5.74, 6) is 2.13. The average Bonchev–Trinajstić information content (AvgIpc) is 3.12. The van der Waals surface area contributed by atoms with Crippen LogP contribution in [0.25, 0.3) is 17.2 Å². The first-order valence-electron chi connectivity index (χ1n) is 9.78. The van der Waals surface area contributed by atoms with Crippen LogP contribution in [0.3, 0.4) is 0 Å². The van der Waals surface area contributed by atoms with Gasteiger partial charge in [-0.2, -0.15) is 9.50 Å². The summed E-state index contributed by atoms with van der Waals surface area (Å²) in [6.07, 6.45) is 1.56. The maximum Gasteiger partial charge on any atom is 0.309 e. The molecule has 1 saturated heterocycles. The van der Waals surface area contributed by atoms with E-state index in [1.807, 2.05) is 36.6 Å². The Morgan fingerprint density at radius 2 is 1.86 bits per heavy atom. The van der Waals surface area contributed by atoms with Crippen molar-refractivity contribution < 1.29 is 9.53 Å². The Kier molecular flexibility index (Phi) is 4.98. The van der Waals surface area contributed by atoms with Crippen LogP contribution in [0.2, 0.25) is 0 Å². The summed E-state index contributed by atoms with van der Waals surface area (Å²) in [6, 6.07) is 10.2. The fourth-order valence-corrected chi connectivity index (χ4v) is 3.62. The number of fused-ring (bicyclic) bond motifs is 1. The van der Waals surface area contributed by atoms with Crippen molar-refractivity contribution in [3.63, 3.8) is 0 Å². The lowest BCUT2D eigenvalue weighted by Crippen LogP contribution is -2.38. The van der Waals surface area contributed by atoms with E-state index in [9.17, 15) is 4.79 Å². The Hall–Kier alpha value is -2.96. The van der Waals surface area contributed by atoms with Crippen molar-refractivity contribution in [3.8, 4) is 11.4 Å². The van der Waals surface area contributed by atoms with Gasteiger partial charge >= 0.3 is 5.97 Å². The molecular formula is C21H25N5O2. The van der Waals surface area contributed by atoms with E-state index in [0.717, 1.165) is 43.0 Å². The molecule has 7 nitrogen and oxygen atoms in total. The van der Waals surface area contributed by atoms with Crippen molar-refractivity contribution in [1.29, 1.82) is 0 Å². The van der Waals surface area contributed by atoms with Crippen LogP contribution >= 0.6 is 0 Å². The molecule has 0 atom stereocenters. The van der Waals surface area contributed by atoms with Crippen LogP contribution in [-0.4, -0.2) is 45.2 Å². The normalized spacial score (nSPS) is 15.2. The Morgan fingerprint density at radius 1 is 1.14 bits per heavy atom. The molecule has 28 heavy (non-hydrogen) atoms. The highest BCUT2D eigenvalue weighted by Crippen LogP contribution is 2.26. The lowest BCUT2D eigenvalue weighted by Gasteiger charge is -2.32. The molecule has 3 heterocycles. The smallest absolute Gasteiger partial charge is 0.309 e. The second-order valence-corrected chi connectivity index (χ2v) is 7.28. The highest BCUT2D eigenvalue weighted by Gasteiger charge is 2.27. The number of rotatable bonds is 4. The third-order valence-corrected chi connectivity index (χ3v) is 5.17. The van der Waals surface area contributed by atoms with Gasteiger partial charge in [-0.05, 0) is 33.6 Å². The van der Waals surface area contributed by atoms with E-state index in [1.54, 1.807) is 0 Å². The number of anilines is 1. The number of ether oxygens (including phenoxy) is 1. The first-order chi connectivity index (χ1) is 13.5.